The molecule has 2 bridgehead atoms. The minimum Gasteiger partial charge on any atom is -1.00 e. The van der Waals surface area contributed by atoms with Crippen LogP contribution in [0.3, 0.4) is 0 Å². The molecule has 2 rings (SSSR count). The molecule has 4 N–H and O–H groups in total. The average Bonchev–Trinajstić information content (AvgIpc) is 2.60. The predicted octanol–water partition coefficient (Wildman–Crippen LogP) is -5.65. The Morgan fingerprint density at radius 3 is 1.57 bits per heavy atom. The van der Waals surface area contributed by atoms with E-state index in [1.165, 1.54) is 6.42 Å². The zero-order chi connectivity index (χ0) is 7.84. The van der Waals surface area contributed by atoms with Crippen LogP contribution in [0.2, 0.25) is 0 Å². The van der Waals surface area contributed by atoms with Crippen LogP contribution in [0.25, 0.3) is 0 Å². The van der Waals surface area contributed by atoms with E-state index in [-0.39, 0.29) is 45.9 Å². The minimum absolute atomic E-state index is 0. The molecule has 0 amide bonds. The van der Waals surface area contributed by atoms with Crippen molar-refractivity contribution in [2.24, 2.45) is 35.1 Å². The van der Waals surface area contributed by atoms with E-state index >= 15 is 0 Å². The van der Waals surface area contributed by atoms with Gasteiger partial charge in [-0.25, -0.2) is 0 Å². The van der Waals surface area contributed by atoms with Crippen molar-refractivity contribution in [3.63, 3.8) is 0 Å². The largest absolute Gasteiger partial charge is 2.00 e. The van der Waals surface area contributed by atoms with Crippen LogP contribution in [0.1, 0.15) is 6.42 Å². The molecule has 2 nitrogen and oxygen atoms in total. The molecule has 0 heterocycles. The van der Waals surface area contributed by atoms with E-state index in [0.29, 0.717) is 11.8 Å². The van der Waals surface area contributed by atoms with Crippen molar-refractivity contribution in [2.75, 3.05) is 13.1 Å². The second-order valence-electron chi connectivity index (χ2n) is 3.75. The van der Waals surface area contributed by atoms with Gasteiger partial charge in [0, 0.05) is 0 Å². The molecule has 4 unspecified atom stereocenters. The third-order valence-corrected chi connectivity index (χ3v) is 3.34. The summed E-state index contributed by atoms with van der Waals surface area (Å²) < 4.78 is 0. The van der Waals surface area contributed by atoms with Gasteiger partial charge >= 0.3 is 21.1 Å². The monoisotopic (exact) mass is 417 g/mol. The van der Waals surface area contributed by atoms with Crippen molar-refractivity contribution in [1.82, 2.24) is 0 Å². The first kappa shape index (κ1) is 17.3. The normalized spacial score (nSPS) is 37.0. The maximum absolute atomic E-state index is 5.70. The summed E-state index contributed by atoms with van der Waals surface area (Å²) in [5.74, 6) is 2.85. The van der Waals surface area contributed by atoms with Crippen LogP contribution in [0, 0.1) is 23.7 Å². The summed E-state index contributed by atoms with van der Waals surface area (Å²) in [6, 6.07) is 0. The van der Waals surface area contributed by atoms with Crippen molar-refractivity contribution in [2.45, 2.75) is 6.42 Å². The Labute approximate surface area is 112 Å². The SMILES string of the molecule is NCC1C2C=CC(C2)C1CN.[Cl-].[Cl-].[Pt+2]. The third-order valence-electron chi connectivity index (χ3n) is 3.34. The van der Waals surface area contributed by atoms with Crippen LogP contribution >= 0.6 is 0 Å². The van der Waals surface area contributed by atoms with Crippen LogP contribution in [0.15, 0.2) is 12.2 Å². The fourth-order valence-electron chi connectivity index (χ4n) is 2.73. The first-order chi connectivity index (χ1) is 5.36. The number of allylic oxidation sites excluding steroid dienone is 2. The van der Waals surface area contributed by atoms with Gasteiger partial charge in [-0.15, -0.1) is 0 Å². The molecule has 4 atom stereocenters. The van der Waals surface area contributed by atoms with Gasteiger partial charge in [0.25, 0.3) is 0 Å². The Kier molecular flexibility index (Phi) is 8.96. The van der Waals surface area contributed by atoms with Crippen molar-refractivity contribution in [3.05, 3.63) is 12.2 Å². The maximum Gasteiger partial charge on any atom is 2.00 e. The second-order valence-corrected chi connectivity index (χ2v) is 3.75. The topological polar surface area (TPSA) is 52.0 Å². The summed E-state index contributed by atoms with van der Waals surface area (Å²) in [6.45, 7) is 1.63. The van der Waals surface area contributed by atoms with Crippen molar-refractivity contribution in [1.29, 1.82) is 0 Å². The van der Waals surface area contributed by atoms with Gasteiger partial charge in [0.1, 0.15) is 0 Å². The molecular weight excluding hydrogens is 402 g/mol. The summed E-state index contributed by atoms with van der Waals surface area (Å²) in [5, 5.41) is 0. The number of halogens is 2. The fraction of sp³-hybridized carbons (Fsp3) is 0.778. The molecule has 0 aromatic carbocycles. The van der Waals surface area contributed by atoms with E-state index < -0.39 is 0 Å². The molecule has 5 heteroatoms. The maximum atomic E-state index is 5.70. The smallest absolute Gasteiger partial charge is 1.00 e. The van der Waals surface area contributed by atoms with Gasteiger partial charge in [-0.3, -0.25) is 0 Å². The molecule has 1 fully saturated rings. The Balaban J connectivity index is 0. The molecule has 0 spiro atoms. The van der Waals surface area contributed by atoms with E-state index in [0.717, 1.165) is 24.9 Å². The molecular formula is C9H16Cl2N2Pt. The van der Waals surface area contributed by atoms with E-state index in [9.17, 15) is 0 Å². The van der Waals surface area contributed by atoms with Crippen molar-refractivity contribution >= 4 is 0 Å². The molecule has 0 saturated heterocycles. The molecule has 86 valence electrons. The zero-order valence-corrected chi connectivity index (χ0v) is 11.6. The molecule has 0 aromatic rings. The average molecular weight is 418 g/mol. The molecule has 1 saturated carbocycles. The van der Waals surface area contributed by atoms with Gasteiger partial charge in [0.05, 0.1) is 0 Å². The molecule has 14 heavy (non-hydrogen) atoms. The van der Waals surface area contributed by atoms with Crippen LogP contribution in [-0.2, 0) is 21.1 Å². The minimum atomic E-state index is 0. The Morgan fingerprint density at radius 2 is 1.29 bits per heavy atom. The predicted molar refractivity (Wildman–Crippen MR) is 45.8 cm³/mol. The van der Waals surface area contributed by atoms with E-state index in [2.05, 4.69) is 12.2 Å². The Morgan fingerprint density at radius 1 is 0.929 bits per heavy atom. The van der Waals surface area contributed by atoms with Crippen molar-refractivity contribution in [3.8, 4) is 0 Å². The second kappa shape index (κ2) is 7.24. The molecule has 0 radical (unpaired) electrons. The Bertz CT molecular complexity index is 172. The number of fused-ring (bicyclic) bond motifs is 2. The molecule has 2 aliphatic rings. The van der Waals surface area contributed by atoms with Gasteiger partial charge in [-0.2, -0.15) is 0 Å². The number of hydrogen-bond donors (Lipinski definition) is 2. The molecule has 0 aliphatic heterocycles. The summed E-state index contributed by atoms with van der Waals surface area (Å²) in [6.07, 6.45) is 5.96. The number of hydrogen-bond acceptors (Lipinski definition) is 2. The fourth-order valence-corrected chi connectivity index (χ4v) is 2.73. The van der Waals surface area contributed by atoms with E-state index in [1.807, 2.05) is 0 Å². The molecule has 0 aromatic heterocycles. The van der Waals surface area contributed by atoms with Crippen molar-refractivity contribution < 1.29 is 45.9 Å². The first-order valence-electron chi connectivity index (χ1n) is 4.45. The summed E-state index contributed by atoms with van der Waals surface area (Å²) in [7, 11) is 0. The standard InChI is InChI=1S/C9H16N2.2ClH.Pt/c10-4-8-6-1-2-7(3-6)9(8)5-11;;;/h1-2,6-9H,3-5,10-11H2;2*1H;/q;;;+2/p-2. The summed E-state index contributed by atoms with van der Waals surface area (Å²) in [4.78, 5) is 0. The van der Waals surface area contributed by atoms with Crippen LogP contribution in [0.4, 0.5) is 0 Å². The third kappa shape index (κ3) is 2.74. The van der Waals surface area contributed by atoms with Gasteiger partial charge in [0.15, 0.2) is 0 Å². The van der Waals surface area contributed by atoms with E-state index in [1.54, 1.807) is 0 Å². The summed E-state index contributed by atoms with van der Waals surface area (Å²) in [5.41, 5.74) is 11.4. The first-order valence-corrected chi connectivity index (χ1v) is 4.45. The summed E-state index contributed by atoms with van der Waals surface area (Å²) >= 11 is 0. The van der Waals surface area contributed by atoms with Crippen LogP contribution < -0.4 is 36.3 Å². The quantitative estimate of drug-likeness (QED) is 0.440. The number of rotatable bonds is 2. The van der Waals surface area contributed by atoms with Gasteiger partial charge in [-0.05, 0) is 43.2 Å². The van der Waals surface area contributed by atoms with E-state index in [4.69, 9.17) is 11.5 Å². The number of nitrogens with two attached hydrogens (primary N) is 2. The zero-order valence-electron chi connectivity index (χ0n) is 7.81. The van der Waals surface area contributed by atoms with Gasteiger partial charge in [-0.1, -0.05) is 12.2 Å². The Hall–Kier alpha value is 0.928. The van der Waals surface area contributed by atoms with Gasteiger partial charge in [0.2, 0.25) is 0 Å². The van der Waals surface area contributed by atoms with Gasteiger partial charge < -0.3 is 36.3 Å². The molecule has 2 aliphatic carbocycles. The van der Waals surface area contributed by atoms with Crippen LogP contribution in [0.5, 0.6) is 0 Å². The van der Waals surface area contributed by atoms with Crippen LogP contribution in [-0.4, -0.2) is 13.1 Å².